The van der Waals surface area contributed by atoms with Gasteiger partial charge in [-0.15, -0.1) is 0 Å². The molecule has 0 spiro atoms. The molecule has 0 aliphatic heterocycles. The number of anilines is 2. The predicted octanol–water partition coefficient (Wildman–Crippen LogP) is 2.71. The van der Waals surface area contributed by atoms with Crippen LogP contribution < -0.4 is 20.4 Å². The fourth-order valence-corrected chi connectivity index (χ4v) is 2.09. The molecule has 0 fully saturated rings. The van der Waals surface area contributed by atoms with E-state index in [1.807, 2.05) is 74.4 Å². The molecule has 2 N–H and O–H groups in total. The number of rotatable bonds is 8. The number of amides is 1. The Morgan fingerprint density at radius 2 is 1.80 bits per heavy atom. The normalized spacial score (nSPS) is 10.5. The van der Waals surface area contributed by atoms with E-state index < -0.39 is 0 Å². The molecule has 0 aromatic heterocycles. The van der Waals surface area contributed by atoms with Crippen LogP contribution in [0, 0.1) is 0 Å². The zero-order valence-corrected chi connectivity index (χ0v) is 14.8. The Kier molecular flexibility index (Phi) is 6.83. The molecule has 0 atom stereocenters. The molecule has 0 bridgehead atoms. The highest BCUT2D eigenvalue weighted by Crippen LogP contribution is 2.15. The highest BCUT2D eigenvalue weighted by Gasteiger charge is 2.00. The van der Waals surface area contributed by atoms with Gasteiger partial charge in [0.1, 0.15) is 5.75 Å². The van der Waals surface area contributed by atoms with Gasteiger partial charge in [-0.25, -0.2) is 5.43 Å². The first-order chi connectivity index (χ1) is 12.1. The lowest BCUT2D eigenvalue weighted by atomic mass is 10.2. The monoisotopic (exact) mass is 340 g/mol. The summed E-state index contributed by atoms with van der Waals surface area (Å²) >= 11 is 0. The first kappa shape index (κ1) is 18.3. The van der Waals surface area contributed by atoms with Crippen molar-refractivity contribution in [2.24, 2.45) is 5.10 Å². The van der Waals surface area contributed by atoms with Crippen molar-refractivity contribution in [3.05, 3.63) is 54.1 Å². The Labute approximate surface area is 148 Å². The van der Waals surface area contributed by atoms with Crippen molar-refractivity contribution in [1.29, 1.82) is 0 Å². The van der Waals surface area contributed by atoms with Crippen molar-refractivity contribution < 1.29 is 9.53 Å². The molecule has 0 aliphatic rings. The Balaban J connectivity index is 1.76. The summed E-state index contributed by atoms with van der Waals surface area (Å²) < 4.78 is 5.37. The number of hydrogen-bond donors (Lipinski definition) is 2. The minimum absolute atomic E-state index is 0.144. The summed E-state index contributed by atoms with van der Waals surface area (Å²) in [6, 6.07) is 15.3. The van der Waals surface area contributed by atoms with E-state index in [1.165, 1.54) is 0 Å². The van der Waals surface area contributed by atoms with Crippen molar-refractivity contribution in [1.82, 2.24) is 5.43 Å². The Hall–Kier alpha value is -3.02. The van der Waals surface area contributed by atoms with Crippen LogP contribution in [0.2, 0.25) is 0 Å². The first-order valence-corrected chi connectivity index (χ1v) is 8.14. The van der Waals surface area contributed by atoms with Crippen LogP contribution in [0.4, 0.5) is 11.4 Å². The van der Waals surface area contributed by atoms with E-state index >= 15 is 0 Å². The van der Waals surface area contributed by atoms with E-state index in [4.69, 9.17) is 4.74 Å². The summed E-state index contributed by atoms with van der Waals surface area (Å²) in [5.74, 6) is 0.595. The molecule has 0 heterocycles. The van der Waals surface area contributed by atoms with Gasteiger partial charge in [-0.2, -0.15) is 5.10 Å². The maximum Gasteiger partial charge on any atom is 0.259 e. The van der Waals surface area contributed by atoms with Gasteiger partial charge in [0.05, 0.1) is 19.4 Å². The van der Waals surface area contributed by atoms with Gasteiger partial charge in [0.25, 0.3) is 5.91 Å². The molecule has 0 aliphatic carbocycles. The number of carbonyl (C=O) groups is 1. The largest absolute Gasteiger partial charge is 0.494 e. The minimum atomic E-state index is -0.213. The topological polar surface area (TPSA) is 66.0 Å². The first-order valence-electron chi connectivity index (χ1n) is 8.14. The number of benzene rings is 2. The van der Waals surface area contributed by atoms with Crippen molar-refractivity contribution in [3.8, 4) is 5.75 Å². The fourth-order valence-electron chi connectivity index (χ4n) is 2.09. The lowest BCUT2D eigenvalue weighted by molar-refractivity contribution is -0.119. The van der Waals surface area contributed by atoms with E-state index in [2.05, 4.69) is 15.8 Å². The molecular formula is C19H24N4O2. The third-order valence-corrected chi connectivity index (χ3v) is 3.43. The van der Waals surface area contributed by atoms with Crippen LogP contribution in [-0.2, 0) is 4.79 Å². The summed E-state index contributed by atoms with van der Waals surface area (Å²) in [4.78, 5) is 13.8. The second-order valence-corrected chi connectivity index (χ2v) is 5.59. The summed E-state index contributed by atoms with van der Waals surface area (Å²) in [6.45, 7) is 2.71. The van der Waals surface area contributed by atoms with Gasteiger partial charge < -0.3 is 15.0 Å². The minimum Gasteiger partial charge on any atom is -0.494 e. The molecule has 0 radical (unpaired) electrons. The van der Waals surface area contributed by atoms with Crippen molar-refractivity contribution in [2.75, 3.05) is 37.5 Å². The summed E-state index contributed by atoms with van der Waals surface area (Å²) in [7, 11) is 3.97. The van der Waals surface area contributed by atoms with Gasteiger partial charge in [-0.1, -0.05) is 12.1 Å². The number of nitrogens with zero attached hydrogens (tertiary/aromatic N) is 2. The van der Waals surface area contributed by atoms with Crippen molar-refractivity contribution >= 4 is 23.5 Å². The Morgan fingerprint density at radius 1 is 1.12 bits per heavy atom. The van der Waals surface area contributed by atoms with Crippen molar-refractivity contribution in [3.63, 3.8) is 0 Å². The highest BCUT2D eigenvalue weighted by molar-refractivity contribution is 5.84. The van der Waals surface area contributed by atoms with Gasteiger partial charge in [0, 0.05) is 25.5 Å². The molecule has 132 valence electrons. The number of hydrazone groups is 1. The van der Waals surface area contributed by atoms with E-state index in [0.717, 1.165) is 22.7 Å². The second-order valence-electron chi connectivity index (χ2n) is 5.59. The Morgan fingerprint density at radius 3 is 2.40 bits per heavy atom. The van der Waals surface area contributed by atoms with Gasteiger partial charge >= 0.3 is 0 Å². The van der Waals surface area contributed by atoms with Crippen LogP contribution in [0.15, 0.2) is 53.6 Å². The van der Waals surface area contributed by atoms with Crippen LogP contribution in [0.1, 0.15) is 12.5 Å². The molecule has 6 heteroatoms. The maximum absolute atomic E-state index is 11.8. The molecule has 25 heavy (non-hydrogen) atoms. The molecule has 2 aromatic rings. The summed E-state index contributed by atoms with van der Waals surface area (Å²) in [5, 5.41) is 7.00. The lowest BCUT2D eigenvalue weighted by Gasteiger charge is -2.11. The van der Waals surface area contributed by atoms with Crippen LogP contribution in [0.3, 0.4) is 0 Å². The third kappa shape index (κ3) is 6.18. The van der Waals surface area contributed by atoms with E-state index in [0.29, 0.717) is 6.61 Å². The third-order valence-electron chi connectivity index (χ3n) is 3.43. The molecule has 0 saturated carbocycles. The van der Waals surface area contributed by atoms with E-state index in [1.54, 1.807) is 6.21 Å². The van der Waals surface area contributed by atoms with Gasteiger partial charge in [-0.3, -0.25) is 4.79 Å². The molecule has 2 aromatic carbocycles. The second kappa shape index (κ2) is 9.32. The number of ether oxygens (including phenoxy) is 1. The van der Waals surface area contributed by atoms with Gasteiger partial charge in [-0.05, 0) is 48.9 Å². The molecule has 2 rings (SSSR count). The van der Waals surface area contributed by atoms with Crippen molar-refractivity contribution in [2.45, 2.75) is 6.92 Å². The van der Waals surface area contributed by atoms with E-state index in [-0.39, 0.29) is 12.5 Å². The SMILES string of the molecule is CCOc1ccc(NCC(=O)NN=Cc2ccc(N(C)C)cc2)cc1. The Bertz CT molecular complexity index is 694. The van der Waals surface area contributed by atoms with Crippen LogP contribution in [-0.4, -0.2) is 39.4 Å². The molecule has 1 amide bonds. The smallest absolute Gasteiger partial charge is 0.259 e. The van der Waals surface area contributed by atoms with Crippen LogP contribution in [0.5, 0.6) is 5.75 Å². The van der Waals surface area contributed by atoms with Crippen LogP contribution >= 0.6 is 0 Å². The standard InChI is InChI=1S/C19H24N4O2/c1-4-25-18-11-7-16(8-12-18)20-14-19(24)22-21-13-15-5-9-17(10-6-15)23(2)3/h5-13,20H,4,14H2,1-3H3,(H,22,24). The zero-order chi connectivity index (χ0) is 18.1. The summed E-state index contributed by atoms with van der Waals surface area (Å²) in [6.07, 6.45) is 1.62. The maximum atomic E-state index is 11.8. The number of hydrogen-bond acceptors (Lipinski definition) is 5. The number of carbonyl (C=O) groups excluding carboxylic acids is 1. The quantitative estimate of drug-likeness (QED) is 0.573. The molecular weight excluding hydrogens is 316 g/mol. The highest BCUT2D eigenvalue weighted by atomic mass is 16.5. The van der Waals surface area contributed by atoms with E-state index in [9.17, 15) is 4.79 Å². The lowest BCUT2D eigenvalue weighted by Crippen LogP contribution is -2.25. The molecule has 6 nitrogen and oxygen atoms in total. The summed E-state index contributed by atoms with van der Waals surface area (Å²) in [5.41, 5.74) is 5.39. The zero-order valence-electron chi connectivity index (χ0n) is 14.8. The van der Waals surface area contributed by atoms with Gasteiger partial charge in [0.2, 0.25) is 0 Å². The average Bonchev–Trinajstić information content (AvgIpc) is 2.62. The molecule has 0 saturated heterocycles. The van der Waals surface area contributed by atoms with Gasteiger partial charge in [0.15, 0.2) is 0 Å². The number of nitrogens with one attached hydrogen (secondary N) is 2. The average molecular weight is 340 g/mol. The predicted molar refractivity (Wildman–Crippen MR) is 103 cm³/mol. The fraction of sp³-hybridized carbons (Fsp3) is 0.263. The van der Waals surface area contributed by atoms with Crippen LogP contribution in [0.25, 0.3) is 0 Å². The molecule has 0 unspecified atom stereocenters.